The second kappa shape index (κ2) is 8.50. The summed E-state index contributed by atoms with van der Waals surface area (Å²) in [7, 11) is 0. The molecule has 21 heavy (non-hydrogen) atoms. The number of rotatable bonds is 6. The number of benzene rings is 1. The van der Waals surface area contributed by atoms with Crippen LogP contribution in [0.4, 0.5) is 0 Å². The lowest BCUT2D eigenvalue weighted by molar-refractivity contribution is -0.124. The predicted octanol–water partition coefficient (Wildman–Crippen LogP) is 2.42. The molecule has 1 aromatic rings. The Morgan fingerprint density at radius 3 is 2.71 bits per heavy atom. The highest BCUT2D eigenvalue weighted by Crippen LogP contribution is 2.37. The fourth-order valence-corrected chi connectivity index (χ4v) is 2.91. The van der Waals surface area contributed by atoms with Crippen LogP contribution in [0.5, 0.6) is 5.75 Å². The third-order valence-corrected chi connectivity index (χ3v) is 3.66. The molecule has 0 unspecified atom stereocenters. The van der Waals surface area contributed by atoms with Crippen molar-refractivity contribution in [2.24, 2.45) is 0 Å². The summed E-state index contributed by atoms with van der Waals surface area (Å²) in [5.41, 5.74) is 1.68. The number of aliphatic hydroxyl groups excluding tert-OH is 1. The van der Waals surface area contributed by atoms with Gasteiger partial charge in [0.2, 0.25) is 0 Å². The zero-order valence-corrected chi connectivity index (χ0v) is 14.3. The summed E-state index contributed by atoms with van der Waals surface area (Å²) in [5, 5.41) is 28.8. The van der Waals surface area contributed by atoms with E-state index in [2.05, 4.69) is 31.9 Å². The first-order valence-electron chi connectivity index (χ1n) is 6.00. The number of carbonyl (C=O) groups excluding carboxylic acids is 1. The summed E-state index contributed by atoms with van der Waals surface area (Å²) >= 11 is 6.45. The molecule has 1 rings (SSSR count). The van der Waals surface area contributed by atoms with E-state index in [4.69, 9.17) is 9.94 Å². The van der Waals surface area contributed by atoms with Gasteiger partial charge in [0, 0.05) is 22.7 Å². The summed E-state index contributed by atoms with van der Waals surface area (Å²) in [6, 6.07) is 3.19. The van der Waals surface area contributed by atoms with Crippen LogP contribution in [-0.2, 0) is 9.53 Å². The molecule has 0 radical (unpaired) electrons. The molecule has 116 valence electrons. The van der Waals surface area contributed by atoms with Gasteiger partial charge >= 0.3 is 0 Å². The maximum atomic E-state index is 11.0. The van der Waals surface area contributed by atoms with E-state index in [9.17, 15) is 15.0 Å². The Hall–Kier alpha value is -0.930. The number of halogens is 2. The Labute approximate surface area is 138 Å². The van der Waals surface area contributed by atoms with Crippen molar-refractivity contribution in [2.45, 2.75) is 19.1 Å². The Balaban J connectivity index is 3.08. The molecule has 8 heteroatoms. The first kappa shape index (κ1) is 18.1. The van der Waals surface area contributed by atoms with Crippen LogP contribution in [0.2, 0.25) is 0 Å². The number of amides is 1. The van der Waals surface area contributed by atoms with Crippen LogP contribution >= 0.6 is 31.9 Å². The highest BCUT2D eigenvalue weighted by Gasteiger charge is 2.23. The van der Waals surface area contributed by atoms with E-state index in [0.29, 0.717) is 15.6 Å². The topological polar surface area (TPSA) is 99.0 Å². The Morgan fingerprint density at radius 2 is 2.14 bits per heavy atom. The molecule has 0 saturated carbocycles. The van der Waals surface area contributed by atoms with Gasteiger partial charge in [0.15, 0.2) is 0 Å². The molecule has 1 aromatic carbocycles. The van der Waals surface area contributed by atoms with Crippen molar-refractivity contribution >= 4 is 37.8 Å². The smallest absolute Gasteiger partial charge is 0.267 e. The summed E-state index contributed by atoms with van der Waals surface area (Å²) in [5.74, 6) is -0.859. The molecule has 0 fully saturated rings. The summed E-state index contributed by atoms with van der Waals surface area (Å²) in [6.45, 7) is 2.03. The molecule has 0 bridgehead atoms. The molecule has 1 amide bonds. The highest BCUT2D eigenvalue weighted by molar-refractivity contribution is 9.11. The zero-order valence-electron chi connectivity index (χ0n) is 11.1. The van der Waals surface area contributed by atoms with E-state index in [1.165, 1.54) is 11.6 Å². The lowest BCUT2D eigenvalue weighted by Gasteiger charge is -2.21. The van der Waals surface area contributed by atoms with Gasteiger partial charge in [0.05, 0.1) is 4.47 Å². The number of aromatic hydroxyl groups is 1. The quantitative estimate of drug-likeness (QED) is 0.319. The monoisotopic (exact) mass is 423 g/mol. The average Bonchev–Trinajstić information content (AvgIpc) is 2.46. The van der Waals surface area contributed by atoms with Gasteiger partial charge < -0.3 is 14.9 Å². The fourth-order valence-electron chi connectivity index (χ4n) is 1.65. The van der Waals surface area contributed by atoms with E-state index in [1.54, 1.807) is 19.1 Å². The molecule has 0 spiro atoms. The first-order chi connectivity index (χ1) is 9.90. The van der Waals surface area contributed by atoms with Crippen molar-refractivity contribution in [3.8, 4) is 5.75 Å². The Kier molecular flexibility index (Phi) is 7.33. The highest BCUT2D eigenvalue weighted by atomic mass is 79.9. The van der Waals surface area contributed by atoms with Gasteiger partial charge in [-0.05, 0) is 41.1 Å². The van der Waals surface area contributed by atoms with Crippen LogP contribution in [0.25, 0.3) is 0 Å². The second-order valence-corrected chi connectivity index (χ2v) is 5.80. The number of phenolic OH excluding ortho intramolecular Hbond substituents is 1. The van der Waals surface area contributed by atoms with Crippen LogP contribution in [-0.4, -0.2) is 34.0 Å². The number of nitrogens with one attached hydrogen (secondary N) is 1. The molecule has 2 atom stereocenters. The number of hydrogen-bond donors (Lipinski definition) is 4. The number of phenols is 1. The maximum Gasteiger partial charge on any atom is 0.267 e. The van der Waals surface area contributed by atoms with Crippen molar-refractivity contribution in [1.29, 1.82) is 0 Å². The lowest BCUT2D eigenvalue weighted by Crippen LogP contribution is -2.22. The number of hydrogen-bond acceptors (Lipinski definition) is 5. The molecular formula is C13H15Br2NO5. The van der Waals surface area contributed by atoms with E-state index >= 15 is 0 Å². The van der Waals surface area contributed by atoms with Crippen molar-refractivity contribution in [2.75, 3.05) is 6.61 Å². The van der Waals surface area contributed by atoms with E-state index in [0.717, 1.165) is 6.08 Å². The number of carbonyl (C=O) groups is 1. The van der Waals surface area contributed by atoms with E-state index < -0.39 is 18.1 Å². The predicted molar refractivity (Wildman–Crippen MR) is 82.9 cm³/mol. The van der Waals surface area contributed by atoms with E-state index in [-0.39, 0.29) is 11.3 Å². The van der Waals surface area contributed by atoms with Gasteiger partial charge in [0.25, 0.3) is 5.91 Å². The Morgan fingerprint density at radius 1 is 1.48 bits per heavy atom. The molecule has 6 nitrogen and oxygen atoms in total. The molecule has 0 aliphatic carbocycles. The molecular weight excluding hydrogens is 410 g/mol. The van der Waals surface area contributed by atoms with Crippen molar-refractivity contribution in [3.05, 3.63) is 38.8 Å². The molecule has 0 aliphatic rings. The minimum atomic E-state index is -1.19. The summed E-state index contributed by atoms with van der Waals surface area (Å²) in [6.07, 6.45) is 0.280. The SMILES string of the molecule is CCO[C@H](/C=C/C(=O)NO)[C@H](O)c1cc(Br)cc(Br)c1O. The third-order valence-electron chi connectivity index (χ3n) is 2.59. The number of ether oxygens (including phenoxy) is 1. The van der Waals surface area contributed by atoms with Crippen LogP contribution in [0, 0.1) is 0 Å². The third kappa shape index (κ3) is 5.08. The van der Waals surface area contributed by atoms with Gasteiger partial charge in [-0.25, -0.2) is 5.48 Å². The molecule has 0 aliphatic heterocycles. The second-order valence-electron chi connectivity index (χ2n) is 4.03. The van der Waals surface area contributed by atoms with Crippen molar-refractivity contribution in [1.82, 2.24) is 5.48 Å². The van der Waals surface area contributed by atoms with Crippen LogP contribution in [0.1, 0.15) is 18.6 Å². The van der Waals surface area contributed by atoms with Crippen LogP contribution in [0.15, 0.2) is 33.2 Å². The molecule has 0 saturated heterocycles. The fraction of sp³-hybridized carbons (Fsp3) is 0.308. The largest absolute Gasteiger partial charge is 0.506 e. The van der Waals surface area contributed by atoms with Gasteiger partial charge in [-0.1, -0.05) is 15.9 Å². The van der Waals surface area contributed by atoms with Gasteiger partial charge in [0.1, 0.15) is 18.0 Å². The number of aliphatic hydroxyl groups is 1. The molecule has 0 heterocycles. The molecule has 0 aromatic heterocycles. The van der Waals surface area contributed by atoms with Crippen LogP contribution < -0.4 is 5.48 Å². The van der Waals surface area contributed by atoms with Gasteiger partial charge in [-0.2, -0.15) is 0 Å². The minimum Gasteiger partial charge on any atom is -0.506 e. The first-order valence-corrected chi connectivity index (χ1v) is 7.59. The zero-order chi connectivity index (χ0) is 16.0. The minimum absolute atomic E-state index is 0.115. The Bertz CT molecular complexity index is 536. The molecule has 4 N–H and O–H groups in total. The lowest BCUT2D eigenvalue weighted by atomic mass is 10.0. The maximum absolute atomic E-state index is 11.0. The normalized spacial score (nSPS) is 14.1. The van der Waals surface area contributed by atoms with Crippen molar-refractivity contribution in [3.63, 3.8) is 0 Å². The summed E-state index contributed by atoms with van der Waals surface area (Å²) < 4.78 is 6.42. The van der Waals surface area contributed by atoms with Gasteiger partial charge in [-0.3, -0.25) is 10.0 Å². The standard InChI is InChI=1S/C13H15Br2NO5/c1-2-21-10(3-4-11(17)16-20)13(19)8-5-7(14)6-9(15)12(8)18/h3-6,10,13,18-20H,2H2,1H3,(H,16,17)/b4-3+/t10-,13-/m1/s1. The number of hydroxylamine groups is 1. The van der Waals surface area contributed by atoms with E-state index in [1.807, 2.05) is 0 Å². The van der Waals surface area contributed by atoms with Crippen molar-refractivity contribution < 1.29 is 25.0 Å². The summed E-state index contributed by atoms with van der Waals surface area (Å²) in [4.78, 5) is 11.0. The van der Waals surface area contributed by atoms with Crippen LogP contribution in [0.3, 0.4) is 0 Å². The average molecular weight is 425 g/mol. The van der Waals surface area contributed by atoms with Gasteiger partial charge in [-0.15, -0.1) is 0 Å².